The second kappa shape index (κ2) is 10.2. The highest BCUT2D eigenvalue weighted by Gasteiger charge is 2.19. The van der Waals surface area contributed by atoms with E-state index in [4.69, 9.17) is 27.9 Å². The number of hydrogen-bond donors (Lipinski definition) is 2. The van der Waals surface area contributed by atoms with Crippen LogP contribution in [0.25, 0.3) is 0 Å². The number of carbonyl (C=O) groups is 1. The van der Waals surface area contributed by atoms with Gasteiger partial charge in [0.1, 0.15) is 5.75 Å². The number of ether oxygens (including phenoxy) is 1. The van der Waals surface area contributed by atoms with Gasteiger partial charge in [-0.2, -0.15) is 0 Å². The second-order valence-electron chi connectivity index (χ2n) is 5.09. The minimum Gasteiger partial charge on any atom is -0.492 e. The zero-order valence-electron chi connectivity index (χ0n) is 12.2. The summed E-state index contributed by atoms with van der Waals surface area (Å²) in [5.74, 6) is 0.921. The molecule has 7 heteroatoms. The van der Waals surface area contributed by atoms with Crippen LogP contribution in [0.3, 0.4) is 0 Å². The summed E-state index contributed by atoms with van der Waals surface area (Å²) in [6, 6.07) is 5.14. The number of rotatable bonds is 6. The quantitative estimate of drug-likeness (QED) is 0.759. The van der Waals surface area contributed by atoms with Crippen LogP contribution in [0, 0.1) is 5.92 Å². The number of hydrogen-bond acceptors (Lipinski definition) is 3. The normalized spacial score (nSPS) is 15.0. The molecule has 0 bridgehead atoms. The summed E-state index contributed by atoms with van der Waals surface area (Å²) >= 11 is 11.8. The molecule has 0 saturated carbocycles. The Labute approximate surface area is 147 Å². The van der Waals surface area contributed by atoms with E-state index >= 15 is 0 Å². The van der Waals surface area contributed by atoms with Gasteiger partial charge in [-0.3, -0.25) is 4.79 Å². The van der Waals surface area contributed by atoms with Crippen LogP contribution in [0.5, 0.6) is 5.75 Å². The standard InChI is InChI=1S/C15H20Cl2N2O2.ClH/c16-12-2-3-14(13(17)10-12)21-9-1-6-19-15(20)11-4-7-18-8-5-11;/h2-3,10-11,18H,1,4-9H2,(H,19,20);1H. The molecule has 1 aromatic carbocycles. The first-order valence-electron chi connectivity index (χ1n) is 7.23. The molecular weight excluding hydrogens is 347 g/mol. The highest BCUT2D eigenvalue weighted by atomic mass is 35.5. The highest BCUT2D eigenvalue weighted by molar-refractivity contribution is 6.35. The van der Waals surface area contributed by atoms with Crippen LogP contribution < -0.4 is 15.4 Å². The molecule has 1 aromatic rings. The monoisotopic (exact) mass is 366 g/mol. The van der Waals surface area contributed by atoms with Crippen molar-refractivity contribution in [1.82, 2.24) is 10.6 Å². The maximum absolute atomic E-state index is 11.9. The Morgan fingerprint density at radius 2 is 2.05 bits per heavy atom. The Kier molecular flexibility index (Phi) is 8.95. The van der Waals surface area contributed by atoms with Gasteiger partial charge in [0.15, 0.2) is 0 Å². The summed E-state index contributed by atoms with van der Waals surface area (Å²) < 4.78 is 5.57. The molecule has 0 unspecified atom stereocenters. The molecule has 1 heterocycles. The van der Waals surface area contributed by atoms with Crippen LogP contribution >= 0.6 is 35.6 Å². The predicted molar refractivity (Wildman–Crippen MR) is 92.4 cm³/mol. The van der Waals surface area contributed by atoms with Gasteiger partial charge < -0.3 is 15.4 Å². The number of halogens is 3. The molecule has 0 aromatic heterocycles. The first-order chi connectivity index (χ1) is 10.2. The fourth-order valence-electron chi connectivity index (χ4n) is 2.29. The third-order valence-electron chi connectivity index (χ3n) is 3.48. The third-order valence-corrected chi connectivity index (χ3v) is 4.01. The van der Waals surface area contributed by atoms with Crippen LogP contribution in [0.1, 0.15) is 19.3 Å². The summed E-state index contributed by atoms with van der Waals surface area (Å²) in [4.78, 5) is 11.9. The molecule has 0 spiro atoms. The Balaban J connectivity index is 0.00000242. The van der Waals surface area contributed by atoms with Gasteiger partial charge in [-0.15, -0.1) is 12.4 Å². The van der Waals surface area contributed by atoms with Gasteiger partial charge in [0, 0.05) is 17.5 Å². The number of piperidine rings is 1. The van der Waals surface area contributed by atoms with E-state index in [2.05, 4.69) is 10.6 Å². The van der Waals surface area contributed by atoms with E-state index in [-0.39, 0.29) is 24.2 Å². The average molecular weight is 368 g/mol. The lowest BCUT2D eigenvalue weighted by Gasteiger charge is -2.21. The number of carbonyl (C=O) groups excluding carboxylic acids is 1. The van der Waals surface area contributed by atoms with Crippen molar-refractivity contribution in [2.75, 3.05) is 26.2 Å². The van der Waals surface area contributed by atoms with Gasteiger partial charge >= 0.3 is 0 Å². The van der Waals surface area contributed by atoms with Crippen LogP contribution in [0.2, 0.25) is 10.0 Å². The second-order valence-corrected chi connectivity index (χ2v) is 5.94. The van der Waals surface area contributed by atoms with Crippen molar-refractivity contribution < 1.29 is 9.53 Å². The summed E-state index contributed by atoms with van der Waals surface area (Å²) in [6.07, 6.45) is 2.58. The largest absolute Gasteiger partial charge is 0.492 e. The molecule has 2 N–H and O–H groups in total. The number of nitrogens with one attached hydrogen (secondary N) is 2. The summed E-state index contributed by atoms with van der Waals surface area (Å²) in [7, 11) is 0. The van der Waals surface area contributed by atoms with E-state index in [1.54, 1.807) is 18.2 Å². The first-order valence-corrected chi connectivity index (χ1v) is 7.98. The lowest BCUT2D eigenvalue weighted by Crippen LogP contribution is -2.38. The molecule has 1 saturated heterocycles. The highest BCUT2D eigenvalue weighted by Crippen LogP contribution is 2.27. The molecule has 0 radical (unpaired) electrons. The molecule has 1 amide bonds. The Bertz CT molecular complexity index is 480. The molecule has 0 aliphatic carbocycles. The number of benzene rings is 1. The molecular formula is C15H21Cl3N2O2. The fraction of sp³-hybridized carbons (Fsp3) is 0.533. The summed E-state index contributed by atoms with van der Waals surface area (Å²) in [5.41, 5.74) is 0. The maximum Gasteiger partial charge on any atom is 0.223 e. The van der Waals surface area contributed by atoms with Crippen molar-refractivity contribution in [2.24, 2.45) is 5.92 Å². The third kappa shape index (κ3) is 6.21. The summed E-state index contributed by atoms with van der Waals surface area (Å²) in [6.45, 7) is 2.98. The van der Waals surface area contributed by atoms with Crippen molar-refractivity contribution in [3.63, 3.8) is 0 Å². The molecule has 0 atom stereocenters. The van der Waals surface area contributed by atoms with Crippen molar-refractivity contribution in [3.8, 4) is 5.75 Å². The summed E-state index contributed by atoms with van der Waals surface area (Å²) in [5, 5.41) is 7.30. The van der Waals surface area contributed by atoms with Gasteiger partial charge in [-0.25, -0.2) is 0 Å². The van der Waals surface area contributed by atoms with E-state index in [1.807, 2.05) is 0 Å². The molecule has 124 valence electrons. The molecule has 1 aliphatic rings. The lowest BCUT2D eigenvalue weighted by atomic mass is 9.97. The van der Waals surface area contributed by atoms with Crippen molar-refractivity contribution >= 4 is 41.5 Å². The molecule has 1 aliphatic heterocycles. The minimum atomic E-state index is 0. The topological polar surface area (TPSA) is 50.4 Å². The van der Waals surface area contributed by atoms with Crippen molar-refractivity contribution in [3.05, 3.63) is 28.2 Å². The van der Waals surface area contributed by atoms with E-state index in [0.717, 1.165) is 32.4 Å². The van der Waals surface area contributed by atoms with Gasteiger partial charge in [-0.05, 0) is 50.6 Å². The minimum absolute atomic E-state index is 0. The van der Waals surface area contributed by atoms with Gasteiger partial charge in [0.05, 0.1) is 11.6 Å². The SMILES string of the molecule is Cl.O=C(NCCCOc1ccc(Cl)cc1Cl)C1CCNCC1. The van der Waals surface area contributed by atoms with Crippen LogP contribution in [-0.4, -0.2) is 32.1 Å². The zero-order chi connectivity index (χ0) is 15.1. The van der Waals surface area contributed by atoms with Crippen molar-refractivity contribution in [2.45, 2.75) is 19.3 Å². The predicted octanol–water partition coefficient (Wildman–Crippen LogP) is 3.30. The van der Waals surface area contributed by atoms with Gasteiger partial charge in [0.25, 0.3) is 0 Å². The zero-order valence-corrected chi connectivity index (χ0v) is 14.6. The first kappa shape index (κ1) is 19.4. The van der Waals surface area contributed by atoms with E-state index in [1.165, 1.54) is 0 Å². The Morgan fingerprint density at radius 3 is 2.73 bits per heavy atom. The smallest absolute Gasteiger partial charge is 0.223 e. The van der Waals surface area contributed by atoms with Crippen LogP contribution in [0.15, 0.2) is 18.2 Å². The lowest BCUT2D eigenvalue weighted by molar-refractivity contribution is -0.125. The van der Waals surface area contributed by atoms with E-state index in [9.17, 15) is 4.79 Å². The molecule has 4 nitrogen and oxygen atoms in total. The van der Waals surface area contributed by atoms with Crippen molar-refractivity contribution in [1.29, 1.82) is 0 Å². The van der Waals surface area contributed by atoms with Gasteiger partial charge in [0.2, 0.25) is 5.91 Å². The van der Waals surface area contributed by atoms with Crippen LogP contribution in [0.4, 0.5) is 0 Å². The van der Waals surface area contributed by atoms with E-state index in [0.29, 0.717) is 28.9 Å². The average Bonchev–Trinajstić information content (AvgIpc) is 2.49. The van der Waals surface area contributed by atoms with E-state index < -0.39 is 0 Å². The Hall–Kier alpha value is -0.680. The molecule has 2 rings (SSSR count). The Morgan fingerprint density at radius 1 is 1.32 bits per heavy atom. The molecule has 1 fully saturated rings. The number of amides is 1. The fourth-order valence-corrected chi connectivity index (χ4v) is 2.75. The molecule has 22 heavy (non-hydrogen) atoms. The maximum atomic E-state index is 11.9. The van der Waals surface area contributed by atoms with Crippen LogP contribution in [-0.2, 0) is 4.79 Å². The van der Waals surface area contributed by atoms with Gasteiger partial charge in [-0.1, -0.05) is 23.2 Å².